The molecule has 29 heavy (non-hydrogen) atoms. The van der Waals surface area contributed by atoms with E-state index in [1.807, 2.05) is 12.1 Å². The van der Waals surface area contributed by atoms with Crippen LogP contribution in [0.5, 0.6) is 0 Å². The molecule has 0 radical (unpaired) electrons. The highest BCUT2D eigenvalue weighted by Crippen LogP contribution is 2.31. The Balaban J connectivity index is 1.41. The van der Waals surface area contributed by atoms with E-state index < -0.39 is 24.3 Å². The standard InChI is InChI=1S/C19H13Cl2N5O3/c20-15-5-13-14(6-16(15)21)19(29)26(18(13)28)8-17(27)24-12-3-1-11(2-4-12)7-25-10-22-9-23-25/h1-6,9-10H,7-8H2,(H,24,27). The number of nitrogens with one attached hydrogen (secondary N) is 1. The summed E-state index contributed by atoms with van der Waals surface area (Å²) in [6.07, 6.45) is 3.06. The summed E-state index contributed by atoms with van der Waals surface area (Å²) < 4.78 is 1.67. The van der Waals surface area contributed by atoms with Crippen LogP contribution < -0.4 is 5.32 Å². The van der Waals surface area contributed by atoms with Gasteiger partial charge in [0.2, 0.25) is 5.91 Å². The Morgan fingerprint density at radius 1 is 1.00 bits per heavy atom. The number of imide groups is 1. The Morgan fingerprint density at radius 3 is 2.17 bits per heavy atom. The molecule has 0 saturated heterocycles. The summed E-state index contributed by atoms with van der Waals surface area (Å²) in [6.45, 7) is 0.136. The van der Waals surface area contributed by atoms with E-state index in [4.69, 9.17) is 23.2 Å². The molecule has 1 N–H and O–H groups in total. The van der Waals surface area contributed by atoms with Crippen LogP contribution in [0.25, 0.3) is 0 Å². The number of carbonyl (C=O) groups excluding carboxylic acids is 3. The van der Waals surface area contributed by atoms with E-state index >= 15 is 0 Å². The van der Waals surface area contributed by atoms with Crippen LogP contribution in [-0.4, -0.2) is 43.9 Å². The zero-order valence-electron chi connectivity index (χ0n) is 14.8. The van der Waals surface area contributed by atoms with Gasteiger partial charge in [-0.3, -0.25) is 19.3 Å². The molecule has 8 nitrogen and oxygen atoms in total. The summed E-state index contributed by atoms with van der Waals surface area (Å²) in [4.78, 5) is 42.0. The van der Waals surface area contributed by atoms with Crippen molar-refractivity contribution in [2.45, 2.75) is 6.54 Å². The van der Waals surface area contributed by atoms with Crippen molar-refractivity contribution in [3.63, 3.8) is 0 Å². The molecule has 10 heteroatoms. The van der Waals surface area contributed by atoms with Crippen LogP contribution in [0.15, 0.2) is 49.1 Å². The molecule has 3 aromatic rings. The van der Waals surface area contributed by atoms with Crippen LogP contribution in [0.3, 0.4) is 0 Å². The molecule has 1 aliphatic rings. The molecule has 3 amide bonds. The number of nitrogens with zero attached hydrogens (tertiary/aromatic N) is 4. The largest absolute Gasteiger partial charge is 0.325 e. The lowest BCUT2D eigenvalue weighted by atomic mass is 10.1. The van der Waals surface area contributed by atoms with E-state index in [9.17, 15) is 14.4 Å². The SMILES string of the molecule is O=C(CN1C(=O)c2cc(Cl)c(Cl)cc2C1=O)Nc1ccc(Cn2cncn2)cc1. The summed E-state index contributed by atoms with van der Waals surface area (Å²) in [5.41, 5.74) is 1.78. The number of fused-ring (bicyclic) bond motifs is 1. The van der Waals surface area contributed by atoms with Crippen molar-refractivity contribution in [1.82, 2.24) is 19.7 Å². The highest BCUT2D eigenvalue weighted by atomic mass is 35.5. The minimum Gasteiger partial charge on any atom is -0.325 e. The summed E-state index contributed by atoms with van der Waals surface area (Å²) in [5.74, 6) is -1.66. The molecule has 2 heterocycles. The quantitative estimate of drug-likeness (QED) is 0.628. The number of hydrogen-bond acceptors (Lipinski definition) is 5. The first kappa shape index (κ1) is 19.1. The number of hydrogen-bond donors (Lipinski definition) is 1. The van der Waals surface area contributed by atoms with Gasteiger partial charge >= 0.3 is 0 Å². The maximum Gasteiger partial charge on any atom is 0.262 e. The van der Waals surface area contributed by atoms with Crippen molar-refractivity contribution in [2.24, 2.45) is 0 Å². The molecular weight excluding hydrogens is 417 g/mol. The highest BCUT2D eigenvalue weighted by molar-refractivity contribution is 6.43. The lowest BCUT2D eigenvalue weighted by Gasteiger charge is -2.13. The second-order valence-corrected chi connectivity index (χ2v) is 7.16. The molecule has 1 aliphatic heterocycles. The lowest BCUT2D eigenvalue weighted by Crippen LogP contribution is -2.37. The minimum absolute atomic E-state index is 0.134. The van der Waals surface area contributed by atoms with Crippen molar-refractivity contribution in [3.8, 4) is 0 Å². The number of aromatic nitrogens is 3. The summed E-state index contributed by atoms with van der Waals surface area (Å²) in [5, 5.41) is 7.05. The van der Waals surface area contributed by atoms with Gasteiger partial charge in [-0.2, -0.15) is 5.10 Å². The van der Waals surface area contributed by atoms with Crippen LogP contribution in [-0.2, 0) is 11.3 Å². The van der Waals surface area contributed by atoms with Gasteiger partial charge in [-0.25, -0.2) is 9.67 Å². The molecule has 0 saturated carbocycles. The zero-order chi connectivity index (χ0) is 20.5. The van der Waals surface area contributed by atoms with Crippen molar-refractivity contribution in [3.05, 3.63) is 75.8 Å². The molecule has 0 fully saturated rings. The van der Waals surface area contributed by atoms with Gasteiger partial charge in [0.1, 0.15) is 19.2 Å². The van der Waals surface area contributed by atoms with Gasteiger partial charge in [-0.15, -0.1) is 0 Å². The number of halogens is 2. The molecular formula is C19H13Cl2N5O3. The number of anilines is 1. The first-order chi connectivity index (χ1) is 13.9. The number of benzene rings is 2. The predicted octanol–water partition coefficient (Wildman–Crippen LogP) is 2.87. The van der Waals surface area contributed by atoms with Gasteiger partial charge in [0.15, 0.2) is 0 Å². The number of rotatable bonds is 5. The minimum atomic E-state index is -0.582. The summed E-state index contributed by atoms with van der Waals surface area (Å²) >= 11 is 11.8. The van der Waals surface area contributed by atoms with Gasteiger partial charge in [0, 0.05) is 5.69 Å². The predicted molar refractivity (Wildman–Crippen MR) is 106 cm³/mol. The zero-order valence-corrected chi connectivity index (χ0v) is 16.3. The molecule has 2 aromatic carbocycles. The van der Waals surface area contributed by atoms with E-state index in [1.165, 1.54) is 18.5 Å². The van der Waals surface area contributed by atoms with Crippen LogP contribution in [0, 0.1) is 0 Å². The molecule has 0 bridgehead atoms. The van der Waals surface area contributed by atoms with Gasteiger partial charge < -0.3 is 5.32 Å². The maximum atomic E-state index is 12.5. The van der Waals surface area contributed by atoms with Crippen LogP contribution in [0.2, 0.25) is 10.0 Å². The fraction of sp³-hybridized carbons (Fsp3) is 0.105. The third-order valence-corrected chi connectivity index (χ3v) is 5.08. The van der Waals surface area contributed by atoms with Crippen LogP contribution in [0.1, 0.15) is 26.3 Å². The number of amides is 3. The Bertz CT molecular complexity index is 1070. The Hall–Kier alpha value is -3.23. The fourth-order valence-corrected chi connectivity index (χ4v) is 3.29. The van der Waals surface area contributed by atoms with Gasteiger partial charge in [-0.05, 0) is 29.8 Å². The lowest BCUT2D eigenvalue weighted by molar-refractivity contribution is -0.116. The average molecular weight is 430 g/mol. The van der Waals surface area contributed by atoms with Crippen molar-refractivity contribution in [1.29, 1.82) is 0 Å². The molecule has 0 unspecified atom stereocenters. The van der Waals surface area contributed by atoms with Crippen molar-refractivity contribution < 1.29 is 14.4 Å². The first-order valence-electron chi connectivity index (χ1n) is 8.49. The third kappa shape index (κ3) is 3.85. The van der Waals surface area contributed by atoms with E-state index in [1.54, 1.807) is 23.1 Å². The van der Waals surface area contributed by atoms with E-state index in [0.717, 1.165) is 10.5 Å². The van der Waals surface area contributed by atoms with Gasteiger partial charge in [0.05, 0.1) is 27.7 Å². The van der Waals surface area contributed by atoms with E-state index in [-0.39, 0.29) is 21.2 Å². The molecule has 0 spiro atoms. The molecule has 4 rings (SSSR count). The van der Waals surface area contributed by atoms with Crippen molar-refractivity contribution in [2.75, 3.05) is 11.9 Å². The summed E-state index contributed by atoms with van der Waals surface area (Å²) in [7, 11) is 0. The second-order valence-electron chi connectivity index (χ2n) is 6.35. The Labute approximate surface area is 175 Å². The normalized spacial score (nSPS) is 13.0. The second kappa shape index (κ2) is 7.65. The maximum absolute atomic E-state index is 12.5. The van der Waals surface area contributed by atoms with Crippen LogP contribution in [0.4, 0.5) is 5.69 Å². The highest BCUT2D eigenvalue weighted by Gasteiger charge is 2.37. The third-order valence-electron chi connectivity index (χ3n) is 4.36. The fourth-order valence-electron chi connectivity index (χ4n) is 2.97. The van der Waals surface area contributed by atoms with E-state index in [2.05, 4.69) is 15.4 Å². The monoisotopic (exact) mass is 429 g/mol. The molecule has 1 aromatic heterocycles. The molecule has 146 valence electrons. The van der Waals surface area contributed by atoms with Gasteiger partial charge in [-0.1, -0.05) is 35.3 Å². The average Bonchev–Trinajstić information content (AvgIpc) is 3.28. The topological polar surface area (TPSA) is 97.2 Å². The first-order valence-corrected chi connectivity index (χ1v) is 9.24. The molecule has 0 aliphatic carbocycles. The Kier molecular flexibility index (Phi) is 5.04. The van der Waals surface area contributed by atoms with Crippen molar-refractivity contribution >= 4 is 46.6 Å². The summed E-state index contributed by atoms with van der Waals surface area (Å²) in [6, 6.07) is 9.81. The number of carbonyl (C=O) groups is 3. The van der Waals surface area contributed by atoms with E-state index in [0.29, 0.717) is 12.2 Å². The Morgan fingerprint density at radius 2 is 1.62 bits per heavy atom. The van der Waals surface area contributed by atoms with Gasteiger partial charge in [0.25, 0.3) is 11.8 Å². The van der Waals surface area contributed by atoms with Crippen LogP contribution >= 0.6 is 23.2 Å². The smallest absolute Gasteiger partial charge is 0.262 e. The molecule has 0 atom stereocenters.